The van der Waals surface area contributed by atoms with Crippen LogP contribution in [0, 0.1) is 3.57 Å². The van der Waals surface area contributed by atoms with Gasteiger partial charge in [-0.2, -0.15) is 0 Å². The first kappa shape index (κ1) is 16.1. The Balaban J connectivity index is 2.49. The zero-order chi connectivity index (χ0) is 14.7. The van der Waals surface area contributed by atoms with Gasteiger partial charge in [-0.05, 0) is 71.1 Å². The summed E-state index contributed by atoms with van der Waals surface area (Å²) in [5.74, 6) is 0.762. The molecule has 0 fully saturated rings. The van der Waals surface area contributed by atoms with Gasteiger partial charge in [-0.1, -0.05) is 33.6 Å². The molecule has 1 unspecified atom stereocenters. The van der Waals surface area contributed by atoms with Gasteiger partial charge in [0, 0.05) is 13.1 Å². The van der Waals surface area contributed by atoms with Crippen molar-refractivity contribution in [2.24, 2.45) is 0 Å². The van der Waals surface area contributed by atoms with Crippen LogP contribution in [0.15, 0.2) is 40.9 Å². The minimum Gasteiger partial charge on any atom is -0.497 e. The number of ether oxygens (including phenoxy) is 1. The highest BCUT2D eigenvalue weighted by Crippen LogP contribution is 2.34. The Morgan fingerprint density at radius 2 is 1.95 bits per heavy atom. The minimum absolute atomic E-state index is 0.0396. The van der Waals surface area contributed by atoms with Crippen LogP contribution in [0.25, 0.3) is 0 Å². The maximum atomic E-state index is 6.39. The highest BCUT2D eigenvalue weighted by Gasteiger charge is 2.18. The van der Waals surface area contributed by atoms with Crippen molar-refractivity contribution in [3.05, 3.63) is 60.6 Å². The van der Waals surface area contributed by atoms with E-state index in [9.17, 15) is 0 Å². The molecule has 5 heteroatoms. The smallest absolute Gasteiger partial charge is 0.120 e. The highest BCUT2D eigenvalue weighted by atomic mass is 127. The summed E-state index contributed by atoms with van der Waals surface area (Å²) in [6.45, 7) is 0. The van der Waals surface area contributed by atoms with E-state index < -0.39 is 0 Å². The number of rotatable bonds is 4. The molecule has 1 N–H and O–H groups in total. The van der Waals surface area contributed by atoms with Crippen LogP contribution in [0.4, 0.5) is 0 Å². The minimum atomic E-state index is 0.0396. The highest BCUT2D eigenvalue weighted by molar-refractivity contribution is 14.1. The summed E-state index contributed by atoms with van der Waals surface area (Å²) in [5.41, 5.74) is 2.22. The average molecular weight is 467 g/mol. The van der Waals surface area contributed by atoms with E-state index in [0.717, 1.165) is 15.8 Å². The Bertz CT molecular complexity index is 621. The first-order chi connectivity index (χ1) is 9.56. The molecule has 0 radical (unpaired) electrons. The van der Waals surface area contributed by atoms with Gasteiger partial charge in [0.1, 0.15) is 5.75 Å². The standard InChI is InChI=1S/C15H14BrClINO/c1-19-15(12-7-9(16)3-6-14(12)18)11-5-4-10(20-2)8-13(11)17/h3-8,15,19H,1-2H3. The van der Waals surface area contributed by atoms with Gasteiger partial charge in [0.25, 0.3) is 0 Å². The third-order valence-electron chi connectivity index (χ3n) is 3.08. The first-order valence-electron chi connectivity index (χ1n) is 6.02. The van der Waals surface area contributed by atoms with Gasteiger partial charge in [-0.25, -0.2) is 0 Å². The van der Waals surface area contributed by atoms with Crippen LogP contribution in [-0.4, -0.2) is 14.2 Å². The van der Waals surface area contributed by atoms with Crippen LogP contribution in [0.2, 0.25) is 5.02 Å². The van der Waals surface area contributed by atoms with Crippen molar-refractivity contribution in [2.45, 2.75) is 6.04 Å². The molecule has 0 saturated carbocycles. The molecule has 0 spiro atoms. The Hall–Kier alpha value is -0.300. The second kappa shape index (κ2) is 7.11. The maximum Gasteiger partial charge on any atom is 0.120 e. The summed E-state index contributed by atoms with van der Waals surface area (Å²) in [4.78, 5) is 0. The van der Waals surface area contributed by atoms with Crippen LogP contribution in [0.1, 0.15) is 17.2 Å². The van der Waals surface area contributed by atoms with E-state index in [4.69, 9.17) is 16.3 Å². The fourth-order valence-electron chi connectivity index (χ4n) is 2.08. The number of hydrogen-bond donors (Lipinski definition) is 1. The van der Waals surface area contributed by atoms with E-state index in [-0.39, 0.29) is 6.04 Å². The third kappa shape index (κ3) is 3.47. The van der Waals surface area contributed by atoms with Crippen LogP contribution >= 0.6 is 50.1 Å². The van der Waals surface area contributed by atoms with E-state index in [1.54, 1.807) is 7.11 Å². The predicted molar refractivity (Wildman–Crippen MR) is 95.8 cm³/mol. The zero-order valence-corrected chi connectivity index (χ0v) is 15.6. The van der Waals surface area contributed by atoms with Crippen molar-refractivity contribution >= 4 is 50.1 Å². The first-order valence-corrected chi connectivity index (χ1v) is 8.27. The lowest BCUT2D eigenvalue weighted by Gasteiger charge is -2.20. The topological polar surface area (TPSA) is 21.3 Å². The number of methoxy groups -OCH3 is 1. The lowest BCUT2D eigenvalue weighted by Crippen LogP contribution is -2.19. The molecule has 0 aromatic heterocycles. The van der Waals surface area contributed by atoms with Crippen molar-refractivity contribution in [1.82, 2.24) is 5.32 Å². The summed E-state index contributed by atoms with van der Waals surface area (Å²) in [5, 5.41) is 4.02. The molecule has 2 aromatic rings. The van der Waals surface area contributed by atoms with E-state index in [1.165, 1.54) is 9.13 Å². The largest absolute Gasteiger partial charge is 0.497 e. The van der Waals surface area contributed by atoms with Crippen LogP contribution in [-0.2, 0) is 0 Å². The summed E-state index contributed by atoms with van der Waals surface area (Å²) >= 11 is 12.3. The Morgan fingerprint density at radius 3 is 2.55 bits per heavy atom. The van der Waals surface area contributed by atoms with E-state index >= 15 is 0 Å². The molecule has 2 rings (SSSR count). The average Bonchev–Trinajstić information content (AvgIpc) is 2.44. The number of nitrogens with one attached hydrogen (secondary N) is 1. The number of benzene rings is 2. The van der Waals surface area contributed by atoms with Crippen LogP contribution in [0.3, 0.4) is 0 Å². The Kier molecular flexibility index (Phi) is 5.72. The fraction of sp³-hybridized carbons (Fsp3) is 0.200. The predicted octanol–water partition coefficient (Wildman–Crippen LogP) is 5.02. The van der Waals surface area contributed by atoms with E-state index in [0.29, 0.717) is 5.02 Å². The summed E-state index contributed by atoms with van der Waals surface area (Å²) in [7, 11) is 3.57. The Morgan fingerprint density at radius 1 is 1.20 bits per heavy atom. The molecule has 0 saturated heterocycles. The molecule has 0 heterocycles. The summed E-state index contributed by atoms with van der Waals surface area (Å²) in [6.07, 6.45) is 0. The molecule has 0 amide bonds. The second-order valence-corrected chi connectivity index (χ2v) is 6.76. The van der Waals surface area contributed by atoms with Crippen molar-refractivity contribution in [2.75, 3.05) is 14.2 Å². The van der Waals surface area contributed by atoms with Gasteiger partial charge in [-0.15, -0.1) is 0 Å². The van der Waals surface area contributed by atoms with E-state index in [1.807, 2.05) is 31.3 Å². The molecule has 106 valence electrons. The van der Waals surface area contributed by atoms with E-state index in [2.05, 4.69) is 56.0 Å². The molecule has 20 heavy (non-hydrogen) atoms. The third-order valence-corrected chi connectivity index (χ3v) is 4.88. The molecule has 1 atom stereocenters. The molecule has 0 aliphatic rings. The van der Waals surface area contributed by atoms with Gasteiger partial charge in [-0.3, -0.25) is 0 Å². The SMILES string of the molecule is CNC(c1ccc(OC)cc1Cl)c1cc(Br)ccc1I. The molecule has 0 aliphatic heterocycles. The molecule has 0 aliphatic carbocycles. The van der Waals surface area contributed by atoms with Crippen molar-refractivity contribution in [3.63, 3.8) is 0 Å². The van der Waals surface area contributed by atoms with Crippen molar-refractivity contribution in [1.29, 1.82) is 0 Å². The van der Waals surface area contributed by atoms with Crippen LogP contribution < -0.4 is 10.1 Å². The van der Waals surface area contributed by atoms with Gasteiger partial charge in [0.05, 0.1) is 13.2 Å². The number of halogens is 3. The van der Waals surface area contributed by atoms with Gasteiger partial charge in [0.15, 0.2) is 0 Å². The molecule has 2 nitrogen and oxygen atoms in total. The lowest BCUT2D eigenvalue weighted by atomic mass is 9.99. The zero-order valence-electron chi connectivity index (χ0n) is 11.1. The van der Waals surface area contributed by atoms with Gasteiger partial charge < -0.3 is 10.1 Å². The quantitative estimate of drug-likeness (QED) is 0.639. The van der Waals surface area contributed by atoms with Crippen molar-refractivity contribution in [3.8, 4) is 5.75 Å². The molecule has 2 aromatic carbocycles. The molecular weight excluding hydrogens is 452 g/mol. The number of hydrogen-bond acceptors (Lipinski definition) is 2. The maximum absolute atomic E-state index is 6.39. The van der Waals surface area contributed by atoms with Gasteiger partial charge in [0.2, 0.25) is 0 Å². The fourth-order valence-corrected chi connectivity index (χ4v) is 3.39. The Labute approximate surface area is 146 Å². The van der Waals surface area contributed by atoms with Crippen molar-refractivity contribution < 1.29 is 4.74 Å². The summed E-state index contributed by atoms with van der Waals surface area (Å²) < 4.78 is 7.44. The molecular formula is C15H14BrClINO. The monoisotopic (exact) mass is 465 g/mol. The van der Waals surface area contributed by atoms with Gasteiger partial charge >= 0.3 is 0 Å². The molecule has 0 bridgehead atoms. The lowest BCUT2D eigenvalue weighted by molar-refractivity contribution is 0.414. The summed E-state index contributed by atoms with van der Waals surface area (Å²) in [6, 6.07) is 12.0. The second-order valence-electron chi connectivity index (χ2n) is 4.27. The van der Waals surface area contributed by atoms with Crippen LogP contribution in [0.5, 0.6) is 5.75 Å². The normalized spacial score (nSPS) is 12.2.